The first-order valence-electron chi connectivity index (χ1n) is 10.6. The number of esters is 1. The van der Waals surface area contributed by atoms with Crippen LogP contribution in [-0.2, 0) is 4.74 Å². The Bertz CT molecular complexity index is 1320. The third kappa shape index (κ3) is 5.61. The number of anilines is 2. The molecule has 0 fully saturated rings. The molecule has 0 aliphatic carbocycles. The molecule has 3 aromatic rings. The van der Waals surface area contributed by atoms with Crippen molar-refractivity contribution in [1.29, 1.82) is 0 Å². The summed E-state index contributed by atoms with van der Waals surface area (Å²) in [6.07, 6.45) is 0. The summed E-state index contributed by atoms with van der Waals surface area (Å²) < 4.78 is 15.6. The predicted molar refractivity (Wildman–Crippen MR) is 134 cm³/mol. The summed E-state index contributed by atoms with van der Waals surface area (Å²) in [4.78, 5) is 49.1. The van der Waals surface area contributed by atoms with E-state index in [1.807, 2.05) is 0 Å². The van der Waals surface area contributed by atoms with Gasteiger partial charge in [0.05, 0.1) is 41.9 Å². The number of benzene rings is 2. The summed E-state index contributed by atoms with van der Waals surface area (Å²) in [5, 5.41) is 16.3. The third-order valence-electron chi connectivity index (χ3n) is 5.05. The van der Waals surface area contributed by atoms with Gasteiger partial charge in [-0.1, -0.05) is 0 Å². The number of nitro groups is 1. The lowest BCUT2D eigenvalue weighted by Gasteiger charge is -2.11. The molecule has 0 bridgehead atoms. The van der Waals surface area contributed by atoms with Crippen LogP contribution in [0.3, 0.4) is 0 Å². The van der Waals surface area contributed by atoms with E-state index in [2.05, 4.69) is 10.6 Å². The number of methoxy groups -OCH3 is 2. The average Bonchev–Trinajstić information content (AvgIpc) is 3.19. The minimum atomic E-state index is -0.705. The first kappa shape index (κ1) is 26.2. The topological polar surface area (TPSA) is 146 Å². The second-order valence-electron chi connectivity index (χ2n) is 7.26. The molecule has 1 heterocycles. The molecule has 0 aliphatic rings. The molecule has 188 valence electrons. The van der Waals surface area contributed by atoms with Gasteiger partial charge in [-0.3, -0.25) is 19.7 Å². The number of non-ortho nitro benzene ring substituents is 1. The second kappa shape index (κ2) is 11.3. The Morgan fingerprint density at radius 3 is 2.28 bits per heavy atom. The normalized spacial score (nSPS) is 10.3. The Balaban J connectivity index is 1.95. The lowest BCUT2D eigenvalue weighted by molar-refractivity contribution is -0.384. The molecule has 0 atom stereocenters. The van der Waals surface area contributed by atoms with Crippen molar-refractivity contribution in [2.24, 2.45) is 0 Å². The van der Waals surface area contributed by atoms with E-state index in [1.54, 1.807) is 32.0 Å². The van der Waals surface area contributed by atoms with Crippen LogP contribution >= 0.6 is 11.3 Å². The van der Waals surface area contributed by atoms with Gasteiger partial charge in [0.15, 0.2) is 0 Å². The van der Waals surface area contributed by atoms with Gasteiger partial charge in [-0.05, 0) is 43.7 Å². The van der Waals surface area contributed by atoms with Crippen LogP contribution in [0.25, 0.3) is 0 Å². The summed E-state index contributed by atoms with van der Waals surface area (Å²) in [6, 6.07) is 9.87. The van der Waals surface area contributed by atoms with Crippen LogP contribution in [0.1, 0.15) is 42.9 Å². The molecule has 0 saturated heterocycles. The van der Waals surface area contributed by atoms with Gasteiger partial charge in [-0.25, -0.2) is 4.79 Å². The van der Waals surface area contributed by atoms with Gasteiger partial charge >= 0.3 is 5.97 Å². The Morgan fingerprint density at radius 2 is 1.69 bits per heavy atom. The fourth-order valence-electron chi connectivity index (χ4n) is 3.27. The van der Waals surface area contributed by atoms with Crippen molar-refractivity contribution < 1.29 is 33.5 Å². The second-order valence-corrected chi connectivity index (χ2v) is 8.28. The molecule has 2 N–H and O–H groups in total. The van der Waals surface area contributed by atoms with Crippen LogP contribution in [0.5, 0.6) is 11.5 Å². The van der Waals surface area contributed by atoms with Crippen LogP contribution in [0.15, 0.2) is 42.5 Å². The van der Waals surface area contributed by atoms with Gasteiger partial charge in [0, 0.05) is 23.8 Å². The standard InChI is InChI=1S/C24H23N3O8S/c1-5-35-24(30)19-13(2)20(22(29)25-17-12-16(33-3)10-11-18(17)34-4)36-23(19)26-21(28)14-6-8-15(9-7-14)27(31)32/h6-12H,5H2,1-4H3,(H,25,29)(H,26,28). The van der Waals surface area contributed by atoms with E-state index in [9.17, 15) is 24.5 Å². The number of thiophene rings is 1. The van der Waals surface area contributed by atoms with E-state index in [0.717, 1.165) is 11.3 Å². The van der Waals surface area contributed by atoms with Crippen LogP contribution in [0.2, 0.25) is 0 Å². The average molecular weight is 514 g/mol. The molecule has 1 aromatic heterocycles. The maximum atomic E-state index is 13.2. The van der Waals surface area contributed by atoms with Gasteiger partial charge in [-0.2, -0.15) is 0 Å². The fourth-order valence-corrected chi connectivity index (χ4v) is 4.35. The first-order chi connectivity index (χ1) is 17.2. The van der Waals surface area contributed by atoms with E-state index in [4.69, 9.17) is 14.2 Å². The molecule has 2 aromatic carbocycles. The Hall–Kier alpha value is -4.45. The van der Waals surface area contributed by atoms with E-state index in [1.165, 1.54) is 38.5 Å². The smallest absolute Gasteiger partial charge is 0.341 e. The Kier molecular flexibility index (Phi) is 8.22. The van der Waals surface area contributed by atoms with Crippen LogP contribution in [0.4, 0.5) is 16.4 Å². The minimum absolute atomic E-state index is 0.0415. The Labute approximate surface area is 210 Å². The van der Waals surface area contributed by atoms with Gasteiger partial charge in [0.2, 0.25) is 0 Å². The number of carbonyl (C=O) groups excluding carboxylic acids is 3. The Morgan fingerprint density at radius 1 is 1.00 bits per heavy atom. The van der Waals surface area contributed by atoms with Gasteiger partial charge in [0.1, 0.15) is 16.5 Å². The molecule has 2 amide bonds. The number of amides is 2. The molecular weight excluding hydrogens is 490 g/mol. The SMILES string of the molecule is CCOC(=O)c1c(NC(=O)c2ccc([N+](=O)[O-])cc2)sc(C(=O)Nc2cc(OC)ccc2OC)c1C. The first-order valence-corrected chi connectivity index (χ1v) is 11.4. The van der Waals surface area contributed by atoms with Gasteiger partial charge < -0.3 is 24.8 Å². The lowest BCUT2D eigenvalue weighted by atomic mass is 10.1. The number of hydrogen-bond acceptors (Lipinski definition) is 9. The highest BCUT2D eigenvalue weighted by Gasteiger charge is 2.27. The molecule has 0 saturated carbocycles. The zero-order valence-corrected chi connectivity index (χ0v) is 20.7. The molecule has 0 aliphatic heterocycles. The summed E-state index contributed by atoms with van der Waals surface area (Å²) in [6.45, 7) is 3.30. The van der Waals surface area contributed by atoms with Crippen molar-refractivity contribution in [2.75, 3.05) is 31.5 Å². The number of nitrogens with zero attached hydrogens (tertiary/aromatic N) is 1. The van der Waals surface area contributed by atoms with Crippen molar-refractivity contribution in [1.82, 2.24) is 0 Å². The van der Waals surface area contributed by atoms with Gasteiger partial charge in [-0.15, -0.1) is 11.3 Å². The summed E-state index contributed by atoms with van der Waals surface area (Å²) in [5.74, 6) is -0.959. The summed E-state index contributed by atoms with van der Waals surface area (Å²) in [7, 11) is 2.95. The number of ether oxygens (including phenoxy) is 3. The maximum Gasteiger partial charge on any atom is 0.341 e. The van der Waals surface area contributed by atoms with Crippen molar-refractivity contribution in [3.8, 4) is 11.5 Å². The molecule has 11 nitrogen and oxygen atoms in total. The van der Waals surface area contributed by atoms with E-state index in [-0.39, 0.29) is 33.3 Å². The van der Waals surface area contributed by atoms with Crippen molar-refractivity contribution >= 4 is 45.5 Å². The van der Waals surface area contributed by atoms with E-state index in [0.29, 0.717) is 22.7 Å². The fraction of sp³-hybridized carbons (Fsp3) is 0.208. The number of nitro benzene ring substituents is 1. The van der Waals surface area contributed by atoms with E-state index < -0.39 is 22.7 Å². The maximum absolute atomic E-state index is 13.2. The highest BCUT2D eigenvalue weighted by molar-refractivity contribution is 7.19. The zero-order chi connectivity index (χ0) is 26.4. The summed E-state index contributed by atoms with van der Waals surface area (Å²) >= 11 is 0.897. The van der Waals surface area contributed by atoms with Crippen LogP contribution < -0.4 is 20.1 Å². The van der Waals surface area contributed by atoms with E-state index >= 15 is 0 Å². The monoisotopic (exact) mass is 513 g/mol. The quantitative estimate of drug-likeness (QED) is 0.239. The van der Waals surface area contributed by atoms with Gasteiger partial charge in [0.25, 0.3) is 17.5 Å². The number of rotatable bonds is 9. The molecule has 0 spiro atoms. The minimum Gasteiger partial charge on any atom is -0.497 e. The highest BCUT2D eigenvalue weighted by Crippen LogP contribution is 2.36. The number of carbonyl (C=O) groups is 3. The molecule has 0 unspecified atom stereocenters. The number of hydrogen-bond donors (Lipinski definition) is 2. The largest absolute Gasteiger partial charge is 0.497 e. The molecular formula is C24H23N3O8S. The van der Waals surface area contributed by atoms with Crippen molar-refractivity contribution in [3.63, 3.8) is 0 Å². The zero-order valence-electron chi connectivity index (χ0n) is 19.9. The third-order valence-corrected chi connectivity index (χ3v) is 6.26. The lowest BCUT2D eigenvalue weighted by Crippen LogP contribution is -2.15. The van der Waals surface area contributed by atoms with Crippen LogP contribution in [0, 0.1) is 17.0 Å². The van der Waals surface area contributed by atoms with Crippen LogP contribution in [-0.4, -0.2) is 43.5 Å². The molecule has 3 rings (SSSR count). The predicted octanol–water partition coefficient (Wildman–Crippen LogP) is 4.66. The van der Waals surface area contributed by atoms with Crippen molar-refractivity contribution in [2.45, 2.75) is 13.8 Å². The number of nitrogens with one attached hydrogen (secondary N) is 2. The highest BCUT2D eigenvalue weighted by atomic mass is 32.1. The van der Waals surface area contributed by atoms with Crippen molar-refractivity contribution in [3.05, 3.63) is 74.1 Å². The molecule has 0 radical (unpaired) electrons. The summed E-state index contributed by atoms with van der Waals surface area (Å²) in [5.41, 5.74) is 0.673. The molecule has 12 heteroatoms. The molecule has 36 heavy (non-hydrogen) atoms.